The van der Waals surface area contributed by atoms with Crippen LogP contribution in [0, 0.1) is 6.92 Å². The molecule has 3 heterocycles. The van der Waals surface area contributed by atoms with Crippen molar-refractivity contribution in [3.8, 4) is 0 Å². The molecule has 2 aliphatic rings. The quantitative estimate of drug-likeness (QED) is 0.799. The van der Waals surface area contributed by atoms with Gasteiger partial charge >= 0.3 is 0 Å². The number of nitrogens with zero attached hydrogens (tertiary/aromatic N) is 3. The first-order valence-corrected chi connectivity index (χ1v) is 9.16. The summed E-state index contributed by atoms with van der Waals surface area (Å²) in [5, 5.41) is 4.35. The Labute approximate surface area is 144 Å². The van der Waals surface area contributed by atoms with Gasteiger partial charge in [-0.3, -0.25) is 9.48 Å². The number of carbonyl (C=O) groups is 1. The van der Waals surface area contributed by atoms with Crippen LogP contribution in [0.1, 0.15) is 44.6 Å². The minimum Gasteiger partial charge on any atom is -0.376 e. The smallest absolute Gasteiger partial charge is 0.251 e. The van der Waals surface area contributed by atoms with Gasteiger partial charge in [-0.25, -0.2) is 0 Å². The predicted octanol–water partition coefficient (Wildman–Crippen LogP) is 2.16. The standard InChI is InChI=1S/C18H29N3O3/c1-14-10-19-20(11-14)12-16-6-5-8-21(16)18(22)15(2)24-13-17-7-3-4-9-23-17/h10-11,15-17H,3-9,12-13H2,1-2H3/t15-,16-,17+/m0/s1. The van der Waals surface area contributed by atoms with Gasteiger partial charge in [0.25, 0.3) is 5.91 Å². The molecule has 1 aromatic heterocycles. The molecule has 1 aromatic rings. The number of hydrogen-bond acceptors (Lipinski definition) is 4. The third-order valence-corrected chi connectivity index (χ3v) is 4.97. The summed E-state index contributed by atoms with van der Waals surface area (Å²) in [6, 6.07) is 0.216. The number of amides is 1. The highest BCUT2D eigenvalue weighted by Crippen LogP contribution is 2.21. The molecule has 0 N–H and O–H groups in total. The van der Waals surface area contributed by atoms with Gasteiger partial charge < -0.3 is 14.4 Å². The van der Waals surface area contributed by atoms with Gasteiger partial charge in [0, 0.05) is 19.3 Å². The summed E-state index contributed by atoms with van der Waals surface area (Å²) < 4.78 is 13.4. The average molecular weight is 335 g/mol. The maximum atomic E-state index is 12.8. The van der Waals surface area contributed by atoms with E-state index in [0.29, 0.717) is 6.61 Å². The zero-order chi connectivity index (χ0) is 16.9. The van der Waals surface area contributed by atoms with Crippen molar-refractivity contribution in [3.05, 3.63) is 18.0 Å². The zero-order valence-electron chi connectivity index (χ0n) is 14.8. The molecule has 0 unspecified atom stereocenters. The van der Waals surface area contributed by atoms with Crippen LogP contribution in [0.2, 0.25) is 0 Å². The van der Waals surface area contributed by atoms with Gasteiger partial charge in [-0.05, 0) is 51.5 Å². The van der Waals surface area contributed by atoms with Gasteiger partial charge in [-0.15, -0.1) is 0 Å². The molecule has 3 rings (SSSR count). The topological polar surface area (TPSA) is 56.6 Å². The van der Waals surface area contributed by atoms with Crippen LogP contribution in [0.15, 0.2) is 12.4 Å². The van der Waals surface area contributed by atoms with Gasteiger partial charge in [-0.2, -0.15) is 5.10 Å². The van der Waals surface area contributed by atoms with Gasteiger partial charge in [-0.1, -0.05) is 0 Å². The Morgan fingerprint density at radius 2 is 2.29 bits per heavy atom. The molecule has 6 nitrogen and oxygen atoms in total. The van der Waals surface area contributed by atoms with Gasteiger partial charge in [0.05, 0.1) is 31.5 Å². The van der Waals surface area contributed by atoms with E-state index in [1.165, 1.54) is 6.42 Å². The molecule has 0 radical (unpaired) electrons. The first-order valence-electron chi connectivity index (χ1n) is 9.16. The van der Waals surface area contributed by atoms with E-state index in [-0.39, 0.29) is 18.1 Å². The number of aryl methyl sites for hydroxylation is 1. The zero-order valence-corrected chi connectivity index (χ0v) is 14.8. The lowest BCUT2D eigenvalue weighted by Gasteiger charge is -2.29. The highest BCUT2D eigenvalue weighted by Gasteiger charge is 2.32. The number of likely N-dealkylation sites (tertiary alicyclic amines) is 1. The fourth-order valence-electron chi connectivity index (χ4n) is 3.59. The fraction of sp³-hybridized carbons (Fsp3) is 0.778. The Bertz CT molecular complexity index is 539. The summed E-state index contributed by atoms with van der Waals surface area (Å²) in [7, 11) is 0. The fourth-order valence-corrected chi connectivity index (χ4v) is 3.59. The van der Waals surface area contributed by atoms with Crippen molar-refractivity contribution in [1.29, 1.82) is 0 Å². The summed E-state index contributed by atoms with van der Waals surface area (Å²) in [5.41, 5.74) is 1.15. The lowest BCUT2D eigenvalue weighted by Crippen LogP contribution is -2.44. The van der Waals surface area contributed by atoms with Crippen molar-refractivity contribution in [2.75, 3.05) is 19.8 Å². The molecule has 0 aromatic carbocycles. The first-order chi connectivity index (χ1) is 11.6. The summed E-state index contributed by atoms with van der Waals surface area (Å²) in [4.78, 5) is 14.7. The highest BCUT2D eigenvalue weighted by atomic mass is 16.5. The van der Waals surface area contributed by atoms with E-state index in [1.807, 2.05) is 35.8 Å². The molecule has 0 aliphatic carbocycles. The molecular formula is C18H29N3O3. The van der Waals surface area contributed by atoms with E-state index in [2.05, 4.69) is 5.10 Å². The average Bonchev–Trinajstić information content (AvgIpc) is 3.22. The van der Waals surface area contributed by atoms with E-state index in [1.54, 1.807) is 0 Å². The maximum Gasteiger partial charge on any atom is 0.251 e. The molecule has 0 saturated carbocycles. The maximum absolute atomic E-state index is 12.8. The minimum atomic E-state index is -0.407. The van der Waals surface area contributed by atoms with Crippen LogP contribution < -0.4 is 0 Å². The second-order valence-electron chi connectivity index (χ2n) is 7.03. The monoisotopic (exact) mass is 335 g/mol. The van der Waals surface area contributed by atoms with E-state index < -0.39 is 6.10 Å². The summed E-state index contributed by atoms with van der Waals surface area (Å²) in [6.07, 6.45) is 9.06. The molecule has 0 bridgehead atoms. The molecule has 3 atom stereocenters. The normalized spacial score (nSPS) is 25.8. The molecule has 0 spiro atoms. The summed E-state index contributed by atoms with van der Waals surface area (Å²) in [5.74, 6) is 0.0946. The second-order valence-corrected chi connectivity index (χ2v) is 7.03. The lowest BCUT2D eigenvalue weighted by molar-refractivity contribution is -0.147. The SMILES string of the molecule is Cc1cnn(C[C@@H]2CCCN2C(=O)[C@H](C)OC[C@H]2CCCCO2)c1. The van der Waals surface area contributed by atoms with Gasteiger partial charge in [0.2, 0.25) is 0 Å². The Kier molecular flexibility index (Phi) is 5.89. The predicted molar refractivity (Wildman–Crippen MR) is 90.7 cm³/mol. The Balaban J connectivity index is 1.50. The molecule has 2 aliphatic heterocycles. The van der Waals surface area contributed by atoms with Crippen LogP contribution in [-0.2, 0) is 20.8 Å². The van der Waals surface area contributed by atoms with Crippen molar-refractivity contribution in [3.63, 3.8) is 0 Å². The van der Waals surface area contributed by atoms with Crippen LogP contribution in [0.3, 0.4) is 0 Å². The van der Waals surface area contributed by atoms with Gasteiger partial charge in [0.1, 0.15) is 6.10 Å². The van der Waals surface area contributed by atoms with Crippen molar-refractivity contribution in [1.82, 2.24) is 14.7 Å². The number of aromatic nitrogens is 2. The van der Waals surface area contributed by atoms with E-state index in [9.17, 15) is 4.79 Å². The third-order valence-electron chi connectivity index (χ3n) is 4.97. The number of ether oxygens (including phenoxy) is 2. The molecule has 6 heteroatoms. The molecule has 134 valence electrons. The number of carbonyl (C=O) groups excluding carboxylic acids is 1. The van der Waals surface area contributed by atoms with Crippen LogP contribution in [0.4, 0.5) is 0 Å². The van der Waals surface area contributed by atoms with Crippen LogP contribution in [0.25, 0.3) is 0 Å². The van der Waals surface area contributed by atoms with Crippen molar-refractivity contribution in [2.24, 2.45) is 0 Å². The van der Waals surface area contributed by atoms with Crippen LogP contribution in [0.5, 0.6) is 0 Å². The Hall–Kier alpha value is -1.40. The molecule has 24 heavy (non-hydrogen) atoms. The third kappa shape index (κ3) is 4.36. The second kappa shape index (κ2) is 8.12. The Morgan fingerprint density at radius 3 is 3.00 bits per heavy atom. The van der Waals surface area contributed by atoms with Crippen LogP contribution in [-0.4, -0.2) is 58.6 Å². The van der Waals surface area contributed by atoms with Gasteiger partial charge in [0.15, 0.2) is 0 Å². The molecule has 2 fully saturated rings. The minimum absolute atomic E-state index is 0.0946. The molecular weight excluding hydrogens is 306 g/mol. The van der Waals surface area contributed by atoms with Crippen LogP contribution >= 0.6 is 0 Å². The summed E-state index contributed by atoms with van der Waals surface area (Å²) in [6.45, 7) is 6.80. The first kappa shape index (κ1) is 17.4. The summed E-state index contributed by atoms with van der Waals surface area (Å²) >= 11 is 0. The van der Waals surface area contributed by atoms with Crippen molar-refractivity contribution < 1.29 is 14.3 Å². The highest BCUT2D eigenvalue weighted by molar-refractivity contribution is 5.81. The molecule has 1 amide bonds. The largest absolute Gasteiger partial charge is 0.376 e. The van der Waals surface area contributed by atoms with E-state index in [0.717, 1.165) is 50.9 Å². The Morgan fingerprint density at radius 1 is 1.42 bits per heavy atom. The van der Waals surface area contributed by atoms with Crippen molar-refractivity contribution in [2.45, 2.75) is 70.7 Å². The lowest BCUT2D eigenvalue weighted by atomic mass is 10.1. The number of rotatable bonds is 6. The number of hydrogen-bond donors (Lipinski definition) is 0. The molecule has 2 saturated heterocycles. The van der Waals surface area contributed by atoms with E-state index in [4.69, 9.17) is 9.47 Å². The van der Waals surface area contributed by atoms with E-state index >= 15 is 0 Å². The van der Waals surface area contributed by atoms with Crippen molar-refractivity contribution >= 4 is 5.91 Å².